The van der Waals surface area contributed by atoms with Crippen molar-refractivity contribution in [2.24, 2.45) is 5.92 Å². The number of hydrogen-bond acceptors (Lipinski definition) is 3. The van der Waals surface area contributed by atoms with E-state index in [-0.39, 0.29) is 18.3 Å². The van der Waals surface area contributed by atoms with Crippen LogP contribution in [-0.2, 0) is 14.3 Å². The van der Waals surface area contributed by atoms with Crippen molar-refractivity contribution < 1.29 is 14.3 Å². The van der Waals surface area contributed by atoms with E-state index in [1.807, 2.05) is 0 Å². The Morgan fingerprint density at radius 1 is 1.05 bits per heavy atom. The van der Waals surface area contributed by atoms with Gasteiger partial charge in [-0.3, -0.25) is 9.59 Å². The molecule has 0 radical (unpaired) electrons. The van der Waals surface area contributed by atoms with Crippen LogP contribution in [0.5, 0.6) is 0 Å². The van der Waals surface area contributed by atoms with Crippen LogP contribution in [0.15, 0.2) is 0 Å². The topological polar surface area (TPSA) is 46.6 Å². The summed E-state index contributed by atoms with van der Waals surface area (Å²) in [5, 5.41) is 0. The van der Waals surface area contributed by atoms with E-state index in [9.17, 15) is 9.59 Å². The molecule has 0 saturated heterocycles. The fraction of sp³-hybridized carbons (Fsp3) is 0.875. The summed E-state index contributed by atoms with van der Waals surface area (Å²) in [6, 6.07) is 0.451. The molecule has 0 spiro atoms. The molecule has 2 aliphatic rings. The minimum absolute atomic E-state index is 0.145. The highest BCUT2D eigenvalue weighted by Crippen LogP contribution is 2.31. The molecule has 4 heteroatoms. The standard InChI is InChI=1S/C16H27NO3/c1-2-20-16(19)11-10-15(18)17(14-8-9-14)12-13-6-4-3-5-7-13/h13-14H,2-12H2,1H3. The monoisotopic (exact) mass is 281 g/mol. The Hall–Kier alpha value is -1.06. The summed E-state index contributed by atoms with van der Waals surface area (Å²) in [7, 11) is 0. The first-order valence-corrected chi connectivity index (χ1v) is 8.15. The molecule has 1 amide bonds. The summed E-state index contributed by atoms with van der Waals surface area (Å²) in [5.41, 5.74) is 0. The van der Waals surface area contributed by atoms with Crippen molar-refractivity contribution in [3.63, 3.8) is 0 Å². The summed E-state index contributed by atoms with van der Waals surface area (Å²) >= 11 is 0. The smallest absolute Gasteiger partial charge is 0.306 e. The maximum atomic E-state index is 12.3. The average Bonchev–Trinajstić information content (AvgIpc) is 3.28. The van der Waals surface area contributed by atoms with E-state index in [0.29, 0.717) is 25.0 Å². The number of carbonyl (C=O) groups is 2. The van der Waals surface area contributed by atoms with Gasteiger partial charge in [0.15, 0.2) is 0 Å². The van der Waals surface area contributed by atoms with Gasteiger partial charge in [-0.05, 0) is 38.5 Å². The first kappa shape index (κ1) is 15.3. The fourth-order valence-electron chi connectivity index (χ4n) is 3.07. The van der Waals surface area contributed by atoms with Crippen molar-refractivity contribution >= 4 is 11.9 Å². The molecule has 114 valence electrons. The van der Waals surface area contributed by atoms with E-state index in [1.54, 1.807) is 6.92 Å². The third-order valence-electron chi connectivity index (χ3n) is 4.34. The van der Waals surface area contributed by atoms with Gasteiger partial charge in [0, 0.05) is 19.0 Å². The van der Waals surface area contributed by atoms with Gasteiger partial charge in [-0.15, -0.1) is 0 Å². The van der Waals surface area contributed by atoms with E-state index in [2.05, 4.69) is 4.90 Å². The Morgan fingerprint density at radius 2 is 1.75 bits per heavy atom. The lowest BCUT2D eigenvalue weighted by Crippen LogP contribution is -2.38. The fourth-order valence-corrected chi connectivity index (χ4v) is 3.07. The quantitative estimate of drug-likeness (QED) is 0.674. The summed E-state index contributed by atoms with van der Waals surface area (Å²) in [5.74, 6) is 0.566. The maximum Gasteiger partial charge on any atom is 0.306 e. The van der Waals surface area contributed by atoms with Gasteiger partial charge in [0.1, 0.15) is 0 Å². The van der Waals surface area contributed by atoms with Crippen molar-refractivity contribution in [1.82, 2.24) is 4.90 Å². The highest BCUT2D eigenvalue weighted by atomic mass is 16.5. The number of carbonyl (C=O) groups excluding carboxylic acids is 2. The van der Waals surface area contributed by atoms with Gasteiger partial charge >= 0.3 is 5.97 Å². The van der Waals surface area contributed by atoms with Gasteiger partial charge < -0.3 is 9.64 Å². The molecule has 0 aromatic carbocycles. The van der Waals surface area contributed by atoms with E-state index >= 15 is 0 Å². The van der Waals surface area contributed by atoms with Crippen LogP contribution < -0.4 is 0 Å². The van der Waals surface area contributed by atoms with Crippen LogP contribution in [0.1, 0.15) is 64.7 Å². The maximum absolute atomic E-state index is 12.3. The Balaban J connectivity index is 1.78. The van der Waals surface area contributed by atoms with Crippen LogP contribution in [0.4, 0.5) is 0 Å². The van der Waals surface area contributed by atoms with E-state index in [4.69, 9.17) is 4.74 Å². The van der Waals surface area contributed by atoms with E-state index in [1.165, 1.54) is 32.1 Å². The minimum Gasteiger partial charge on any atom is -0.466 e. The molecule has 0 N–H and O–H groups in total. The first-order chi connectivity index (χ1) is 9.70. The molecular weight excluding hydrogens is 254 g/mol. The zero-order valence-corrected chi connectivity index (χ0v) is 12.6. The lowest BCUT2D eigenvalue weighted by atomic mass is 9.89. The summed E-state index contributed by atoms with van der Waals surface area (Å²) in [6.07, 6.45) is 9.28. The molecule has 2 aliphatic carbocycles. The molecule has 0 unspecified atom stereocenters. The van der Waals surface area contributed by atoms with Gasteiger partial charge in [0.25, 0.3) is 0 Å². The van der Waals surface area contributed by atoms with Crippen LogP contribution >= 0.6 is 0 Å². The third kappa shape index (κ3) is 4.80. The number of amides is 1. The number of hydrogen-bond donors (Lipinski definition) is 0. The van der Waals surface area contributed by atoms with Gasteiger partial charge in [-0.25, -0.2) is 0 Å². The lowest BCUT2D eigenvalue weighted by molar-refractivity contribution is -0.146. The first-order valence-electron chi connectivity index (χ1n) is 8.15. The van der Waals surface area contributed by atoms with Crippen molar-refractivity contribution in [1.29, 1.82) is 0 Å². The molecule has 0 heterocycles. The Labute approximate surface area is 121 Å². The molecule has 2 rings (SSSR count). The second kappa shape index (κ2) is 7.65. The number of ether oxygens (including phenoxy) is 1. The summed E-state index contributed by atoms with van der Waals surface area (Å²) < 4.78 is 4.89. The Kier molecular flexibility index (Phi) is 5.86. The van der Waals surface area contributed by atoms with Crippen molar-refractivity contribution in [3.05, 3.63) is 0 Å². The third-order valence-corrected chi connectivity index (χ3v) is 4.34. The predicted octanol–water partition coefficient (Wildman–Crippen LogP) is 2.90. The van der Waals surface area contributed by atoms with Crippen molar-refractivity contribution in [2.45, 2.75) is 70.8 Å². The van der Waals surface area contributed by atoms with Crippen LogP contribution in [0.2, 0.25) is 0 Å². The van der Waals surface area contributed by atoms with Crippen LogP contribution in [0.25, 0.3) is 0 Å². The lowest BCUT2D eigenvalue weighted by Gasteiger charge is -2.30. The Bertz CT molecular complexity index is 333. The highest BCUT2D eigenvalue weighted by molar-refractivity contribution is 5.81. The summed E-state index contributed by atoms with van der Waals surface area (Å²) in [6.45, 7) is 3.09. The normalized spacial score (nSPS) is 19.6. The molecule has 2 fully saturated rings. The minimum atomic E-state index is -0.255. The van der Waals surface area contributed by atoms with Gasteiger partial charge in [0.05, 0.1) is 13.0 Å². The molecule has 20 heavy (non-hydrogen) atoms. The molecule has 0 bridgehead atoms. The van der Waals surface area contributed by atoms with Gasteiger partial charge in [-0.2, -0.15) is 0 Å². The summed E-state index contributed by atoms with van der Waals surface area (Å²) in [4.78, 5) is 25.7. The molecule has 0 aromatic rings. The Morgan fingerprint density at radius 3 is 2.35 bits per heavy atom. The predicted molar refractivity (Wildman–Crippen MR) is 77.2 cm³/mol. The number of esters is 1. The molecule has 0 aromatic heterocycles. The van der Waals surface area contributed by atoms with Crippen molar-refractivity contribution in [2.75, 3.05) is 13.2 Å². The molecule has 2 saturated carbocycles. The number of rotatable bonds is 7. The van der Waals surface area contributed by atoms with Crippen LogP contribution in [0.3, 0.4) is 0 Å². The van der Waals surface area contributed by atoms with Crippen LogP contribution in [0, 0.1) is 5.92 Å². The zero-order chi connectivity index (χ0) is 14.4. The second-order valence-electron chi connectivity index (χ2n) is 6.09. The average molecular weight is 281 g/mol. The van der Waals surface area contributed by atoms with Crippen molar-refractivity contribution in [3.8, 4) is 0 Å². The van der Waals surface area contributed by atoms with Crippen LogP contribution in [-0.4, -0.2) is 36.0 Å². The van der Waals surface area contributed by atoms with Gasteiger partial charge in [0.2, 0.25) is 5.91 Å². The zero-order valence-electron chi connectivity index (χ0n) is 12.6. The van der Waals surface area contributed by atoms with E-state index in [0.717, 1.165) is 19.4 Å². The SMILES string of the molecule is CCOC(=O)CCC(=O)N(CC1CCCCC1)C1CC1. The number of nitrogens with zero attached hydrogens (tertiary/aromatic N) is 1. The molecule has 0 aliphatic heterocycles. The second-order valence-corrected chi connectivity index (χ2v) is 6.09. The molecule has 4 nitrogen and oxygen atoms in total. The molecule has 0 atom stereocenters. The van der Waals surface area contributed by atoms with Gasteiger partial charge in [-0.1, -0.05) is 19.3 Å². The largest absolute Gasteiger partial charge is 0.466 e. The highest BCUT2D eigenvalue weighted by Gasteiger charge is 2.34. The van der Waals surface area contributed by atoms with E-state index < -0.39 is 0 Å². The molecular formula is C16H27NO3.